The SMILES string of the molecule is CC(=O)c1ccc(NC(=O)CSc2ccc(C)cc2)cc1. The van der Waals surface area contributed by atoms with Gasteiger partial charge in [-0.2, -0.15) is 0 Å². The lowest BCUT2D eigenvalue weighted by atomic mass is 10.1. The number of Topliss-reactive ketones (excluding diaryl/α,β-unsaturated/α-hetero) is 1. The van der Waals surface area contributed by atoms with Crippen molar-refractivity contribution in [2.24, 2.45) is 0 Å². The predicted octanol–water partition coefficient (Wildman–Crippen LogP) is 3.93. The van der Waals surface area contributed by atoms with Crippen molar-refractivity contribution in [3.05, 3.63) is 59.7 Å². The lowest BCUT2D eigenvalue weighted by molar-refractivity contribution is -0.113. The molecule has 0 aromatic heterocycles. The van der Waals surface area contributed by atoms with Crippen molar-refractivity contribution in [3.8, 4) is 0 Å². The maximum absolute atomic E-state index is 11.9. The fourth-order valence-electron chi connectivity index (χ4n) is 1.77. The molecule has 4 heteroatoms. The fraction of sp³-hybridized carbons (Fsp3) is 0.176. The van der Waals surface area contributed by atoms with Gasteiger partial charge in [0.15, 0.2) is 5.78 Å². The molecule has 0 aliphatic heterocycles. The number of nitrogens with one attached hydrogen (secondary N) is 1. The van der Waals surface area contributed by atoms with Gasteiger partial charge in [0.2, 0.25) is 5.91 Å². The van der Waals surface area contributed by atoms with Gasteiger partial charge in [-0.05, 0) is 50.2 Å². The molecule has 2 aromatic carbocycles. The van der Waals surface area contributed by atoms with E-state index in [9.17, 15) is 9.59 Å². The van der Waals surface area contributed by atoms with Gasteiger partial charge in [-0.25, -0.2) is 0 Å². The third-order valence-electron chi connectivity index (χ3n) is 2.97. The van der Waals surface area contributed by atoms with Crippen molar-refractivity contribution < 1.29 is 9.59 Å². The van der Waals surface area contributed by atoms with Crippen molar-refractivity contribution in [3.63, 3.8) is 0 Å². The molecule has 0 bridgehead atoms. The molecular weight excluding hydrogens is 282 g/mol. The lowest BCUT2D eigenvalue weighted by Gasteiger charge is -2.06. The van der Waals surface area contributed by atoms with Crippen molar-refractivity contribution in [2.45, 2.75) is 18.7 Å². The quantitative estimate of drug-likeness (QED) is 0.672. The van der Waals surface area contributed by atoms with Crippen LogP contribution in [0.25, 0.3) is 0 Å². The van der Waals surface area contributed by atoms with E-state index < -0.39 is 0 Å². The van der Waals surface area contributed by atoms with Crippen LogP contribution in [0.4, 0.5) is 5.69 Å². The van der Waals surface area contributed by atoms with Crippen molar-refractivity contribution in [1.29, 1.82) is 0 Å². The third-order valence-corrected chi connectivity index (χ3v) is 3.98. The van der Waals surface area contributed by atoms with Crippen molar-refractivity contribution in [1.82, 2.24) is 0 Å². The molecule has 0 radical (unpaired) electrons. The molecule has 0 fully saturated rings. The van der Waals surface area contributed by atoms with E-state index in [0.717, 1.165) is 4.90 Å². The average Bonchev–Trinajstić information content (AvgIpc) is 2.47. The Balaban J connectivity index is 1.86. The van der Waals surface area contributed by atoms with Gasteiger partial charge in [0.25, 0.3) is 0 Å². The predicted molar refractivity (Wildman–Crippen MR) is 87.0 cm³/mol. The molecule has 3 nitrogen and oxygen atoms in total. The van der Waals surface area contributed by atoms with Gasteiger partial charge in [-0.15, -0.1) is 11.8 Å². The van der Waals surface area contributed by atoms with Gasteiger partial charge in [0.1, 0.15) is 0 Å². The van der Waals surface area contributed by atoms with E-state index in [1.165, 1.54) is 24.2 Å². The Bertz CT molecular complexity index is 633. The minimum atomic E-state index is -0.0591. The number of rotatable bonds is 5. The van der Waals surface area contributed by atoms with Gasteiger partial charge < -0.3 is 5.32 Å². The number of carbonyl (C=O) groups is 2. The Morgan fingerprint density at radius 2 is 1.62 bits per heavy atom. The number of aryl methyl sites for hydroxylation is 1. The molecule has 21 heavy (non-hydrogen) atoms. The van der Waals surface area contributed by atoms with E-state index in [1.54, 1.807) is 24.3 Å². The second-order valence-corrected chi connectivity index (χ2v) is 5.83. The second-order valence-electron chi connectivity index (χ2n) is 4.78. The average molecular weight is 299 g/mol. The topological polar surface area (TPSA) is 46.2 Å². The number of hydrogen-bond acceptors (Lipinski definition) is 3. The first-order valence-electron chi connectivity index (χ1n) is 6.65. The Labute approximate surface area is 128 Å². The van der Waals surface area contributed by atoms with Crippen LogP contribution in [0.5, 0.6) is 0 Å². The van der Waals surface area contributed by atoms with E-state index in [2.05, 4.69) is 5.32 Å². The maximum Gasteiger partial charge on any atom is 0.234 e. The molecule has 0 atom stereocenters. The standard InChI is InChI=1S/C17H17NO2S/c1-12-3-9-16(10-4-12)21-11-17(20)18-15-7-5-14(6-8-15)13(2)19/h3-10H,11H2,1-2H3,(H,18,20). The van der Waals surface area contributed by atoms with E-state index in [-0.39, 0.29) is 11.7 Å². The number of ketones is 1. The number of anilines is 1. The highest BCUT2D eigenvalue weighted by Crippen LogP contribution is 2.18. The van der Waals surface area contributed by atoms with Gasteiger partial charge in [0, 0.05) is 16.1 Å². The summed E-state index contributed by atoms with van der Waals surface area (Å²) in [6.07, 6.45) is 0. The van der Waals surface area contributed by atoms with Crippen LogP contribution in [0, 0.1) is 6.92 Å². The lowest BCUT2D eigenvalue weighted by Crippen LogP contribution is -2.14. The van der Waals surface area contributed by atoms with Crippen LogP contribution in [0.2, 0.25) is 0 Å². The highest BCUT2D eigenvalue weighted by atomic mass is 32.2. The molecule has 0 saturated carbocycles. The smallest absolute Gasteiger partial charge is 0.234 e. The molecule has 2 aromatic rings. The highest BCUT2D eigenvalue weighted by Gasteiger charge is 2.05. The third kappa shape index (κ3) is 4.76. The molecule has 0 aliphatic carbocycles. The van der Waals surface area contributed by atoms with Crippen LogP contribution < -0.4 is 5.32 Å². The van der Waals surface area contributed by atoms with Crippen LogP contribution in [0.1, 0.15) is 22.8 Å². The summed E-state index contributed by atoms with van der Waals surface area (Å²) in [4.78, 5) is 24.1. The first-order chi connectivity index (χ1) is 10.0. The number of amides is 1. The summed E-state index contributed by atoms with van der Waals surface area (Å²) >= 11 is 1.50. The first-order valence-corrected chi connectivity index (χ1v) is 7.63. The van der Waals surface area contributed by atoms with Crippen molar-refractivity contribution >= 4 is 29.1 Å². The minimum absolute atomic E-state index is 0.0165. The van der Waals surface area contributed by atoms with E-state index in [0.29, 0.717) is 17.0 Å². The van der Waals surface area contributed by atoms with Gasteiger partial charge in [-0.1, -0.05) is 17.7 Å². The summed E-state index contributed by atoms with van der Waals surface area (Å²) < 4.78 is 0. The van der Waals surface area contributed by atoms with Crippen LogP contribution in [0.15, 0.2) is 53.4 Å². The van der Waals surface area contributed by atoms with Crippen LogP contribution >= 0.6 is 11.8 Å². The summed E-state index contributed by atoms with van der Waals surface area (Å²) in [6, 6.07) is 15.0. The van der Waals surface area contributed by atoms with E-state index in [4.69, 9.17) is 0 Å². The summed E-state index contributed by atoms with van der Waals surface area (Å²) in [7, 11) is 0. The zero-order chi connectivity index (χ0) is 15.2. The summed E-state index contributed by atoms with van der Waals surface area (Å²) in [6.45, 7) is 3.55. The van der Waals surface area contributed by atoms with Gasteiger partial charge >= 0.3 is 0 Å². The Hall–Kier alpha value is -2.07. The summed E-state index contributed by atoms with van der Waals surface area (Å²) in [5.74, 6) is 0.316. The zero-order valence-electron chi connectivity index (χ0n) is 12.1. The molecular formula is C17H17NO2S. The summed E-state index contributed by atoms with van der Waals surface area (Å²) in [5, 5.41) is 2.82. The number of benzene rings is 2. The molecule has 0 unspecified atom stereocenters. The normalized spacial score (nSPS) is 10.2. The summed E-state index contributed by atoms with van der Waals surface area (Å²) in [5.41, 5.74) is 2.55. The first kappa shape index (κ1) is 15.3. The molecule has 0 saturated heterocycles. The van der Waals surface area contributed by atoms with Gasteiger partial charge in [0.05, 0.1) is 5.75 Å². The van der Waals surface area contributed by atoms with E-state index in [1.807, 2.05) is 31.2 Å². The van der Waals surface area contributed by atoms with Gasteiger partial charge in [-0.3, -0.25) is 9.59 Å². The molecule has 1 N–H and O–H groups in total. The highest BCUT2D eigenvalue weighted by molar-refractivity contribution is 8.00. The number of thioether (sulfide) groups is 1. The zero-order valence-corrected chi connectivity index (χ0v) is 12.9. The minimum Gasteiger partial charge on any atom is -0.325 e. The van der Waals surface area contributed by atoms with Crippen LogP contribution in [0.3, 0.4) is 0 Å². The molecule has 1 amide bonds. The maximum atomic E-state index is 11.9. The Kier molecular flexibility index (Phi) is 5.17. The number of hydrogen-bond donors (Lipinski definition) is 1. The van der Waals surface area contributed by atoms with Crippen LogP contribution in [-0.2, 0) is 4.79 Å². The number of carbonyl (C=O) groups excluding carboxylic acids is 2. The second kappa shape index (κ2) is 7.09. The molecule has 0 aliphatic rings. The largest absolute Gasteiger partial charge is 0.325 e. The molecule has 0 heterocycles. The molecule has 2 rings (SSSR count). The fourth-order valence-corrected chi connectivity index (χ4v) is 2.47. The molecule has 0 spiro atoms. The monoisotopic (exact) mass is 299 g/mol. The Morgan fingerprint density at radius 3 is 2.19 bits per heavy atom. The van der Waals surface area contributed by atoms with E-state index >= 15 is 0 Å². The Morgan fingerprint density at radius 1 is 1.00 bits per heavy atom. The van der Waals surface area contributed by atoms with Crippen molar-refractivity contribution in [2.75, 3.05) is 11.1 Å². The van der Waals surface area contributed by atoms with Crippen LogP contribution in [-0.4, -0.2) is 17.4 Å². The molecule has 108 valence electrons.